The second-order valence-corrected chi connectivity index (χ2v) is 5.06. The zero-order valence-electron chi connectivity index (χ0n) is 11.9. The molecule has 2 aromatic carbocycles. The van der Waals surface area contributed by atoms with Crippen LogP contribution in [0.3, 0.4) is 0 Å². The van der Waals surface area contributed by atoms with Crippen LogP contribution in [0.1, 0.15) is 24.5 Å². The fourth-order valence-corrected chi connectivity index (χ4v) is 2.09. The summed E-state index contributed by atoms with van der Waals surface area (Å²) < 4.78 is 5.74. The third-order valence-corrected chi connectivity index (χ3v) is 3.29. The minimum absolute atomic E-state index is 0.505. The molecule has 0 spiro atoms. The van der Waals surface area contributed by atoms with Crippen LogP contribution >= 0.6 is 11.6 Å². The van der Waals surface area contributed by atoms with Crippen molar-refractivity contribution in [2.75, 3.05) is 6.54 Å². The van der Waals surface area contributed by atoms with Crippen LogP contribution in [0, 0.1) is 11.3 Å². The van der Waals surface area contributed by atoms with Gasteiger partial charge < -0.3 is 10.1 Å². The summed E-state index contributed by atoms with van der Waals surface area (Å²) in [7, 11) is 0. The number of benzene rings is 2. The average Bonchev–Trinajstić information content (AvgIpc) is 2.51. The molecule has 4 heteroatoms. The van der Waals surface area contributed by atoms with Gasteiger partial charge in [-0.2, -0.15) is 5.26 Å². The minimum atomic E-state index is 0.505. The van der Waals surface area contributed by atoms with E-state index in [-0.39, 0.29) is 0 Å². The molecule has 108 valence electrons. The van der Waals surface area contributed by atoms with Crippen LogP contribution in [-0.4, -0.2) is 6.54 Å². The van der Waals surface area contributed by atoms with Gasteiger partial charge in [0.1, 0.15) is 17.6 Å². The Morgan fingerprint density at radius 3 is 2.71 bits per heavy atom. The molecule has 0 aliphatic carbocycles. The van der Waals surface area contributed by atoms with E-state index >= 15 is 0 Å². The van der Waals surface area contributed by atoms with Gasteiger partial charge in [-0.1, -0.05) is 36.7 Å². The highest BCUT2D eigenvalue weighted by Crippen LogP contribution is 2.31. The molecule has 21 heavy (non-hydrogen) atoms. The second kappa shape index (κ2) is 7.68. The third-order valence-electron chi connectivity index (χ3n) is 2.98. The lowest BCUT2D eigenvalue weighted by molar-refractivity contribution is 0.481. The van der Waals surface area contributed by atoms with Gasteiger partial charge in [-0.15, -0.1) is 0 Å². The number of rotatable bonds is 6. The van der Waals surface area contributed by atoms with E-state index in [1.165, 1.54) is 0 Å². The summed E-state index contributed by atoms with van der Waals surface area (Å²) in [4.78, 5) is 0. The molecule has 0 amide bonds. The minimum Gasteiger partial charge on any atom is -0.454 e. The molecule has 1 N–H and O–H groups in total. The standard InChI is InChI=1S/C17H17ClN2O/c1-2-9-20-12-13-7-8-16(14(10-13)11-19)21-17-6-4-3-5-15(17)18/h3-8,10,20H,2,9,12H2,1H3. The lowest BCUT2D eigenvalue weighted by Crippen LogP contribution is -2.13. The highest BCUT2D eigenvalue weighted by Gasteiger charge is 2.08. The van der Waals surface area contributed by atoms with Crippen molar-refractivity contribution in [1.82, 2.24) is 5.32 Å². The van der Waals surface area contributed by atoms with Crippen LogP contribution in [0.15, 0.2) is 42.5 Å². The van der Waals surface area contributed by atoms with Gasteiger partial charge >= 0.3 is 0 Å². The summed E-state index contributed by atoms with van der Waals surface area (Å²) >= 11 is 6.07. The van der Waals surface area contributed by atoms with Crippen molar-refractivity contribution in [3.8, 4) is 17.6 Å². The highest BCUT2D eigenvalue weighted by atomic mass is 35.5. The Kier molecular flexibility index (Phi) is 5.62. The molecule has 0 saturated carbocycles. The van der Waals surface area contributed by atoms with Crippen molar-refractivity contribution < 1.29 is 4.74 Å². The van der Waals surface area contributed by atoms with Crippen molar-refractivity contribution in [1.29, 1.82) is 5.26 Å². The molecule has 3 nitrogen and oxygen atoms in total. The Hall–Kier alpha value is -2.02. The molecule has 0 aliphatic rings. The Balaban J connectivity index is 2.17. The molecule has 0 bridgehead atoms. The van der Waals surface area contributed by atoms with Gasteiger partial charge in [-0.25, -0.2) is 0 Å². The first kappa shape index (κ1) is 15.4. The van der Waals surface area contributed by atoms with Gasteiger partial charge in [-0.05, 0) is 42.8 Å². The number of halogens is 1. The van der Waals surface area contributed by atoms with Gasteiger partial charge in [0.2, 0.25) is 0 Å². The molecule has 0 unspecified atom stereocenters. The first-order chi connectivity index (χ1) is 10.2. The van der Waals surface area contributed by atoms with Crippen LogP contribution in [0.25, 0.3) is 0 Å². The largest absolute Gasteiger partial charge is 0.454 e. The summed E-state index contributed by atoms with van der Waals surface area (Å²) in [6, 6.07) is 15.0. The number of nitriles is 1. The first-order valence-electron chi connectivity index (χ1n) is 6.90. The number of para-hydroxylation sites is 1. The molecule has 0 heterocycles. The van der Waals surface area contributed by atoms with E-state index in [9.17, 15) is 5.26 Å². The van der Waals surface area contributed by atoms with Gasteiger partial charge in [0.05, 0.1) is 10.6 Å². The summed E-state index contributed by atoms with van der Waals surface area (Å²) in [5, 5.41) is 13.1. The number of hydrogen-bond donors (Lipinski definition) is 1. The summed E-state index contributed by atoms with van der Waals surface area (Å²) in [6.45, 7) is 3.82. The number of ether oxygens (including phenoxy) is 1. The SMILES string of the molecule is CCCNCc1ccc(Oc2ccccc2Cl)c(C#N)c1. The number of nitrogens with one attached hydrogen (secondary N) is 1. The summed E-state index contributed by atoms with van der Waals surface area (Å²) in [6.07, 6.45) is 1.08. The first-order valence-corrected chi connectivity index (χ1v) is 7.28. The Morgan fingerprint density at radius 1 is 1.19 bits per heavy atom. The van der Waals surface area contributed by atoms with E-state index in [2.05, 4.69) is 18.3 Å². The van der Waals surface area contributed by atoms with Gasteiger partial charge in [0.25, 0.3) is 0 Å². The van der Waals surface area contributed by atoms with Crippen molar-refractivity contribution in [3.63, 3.8) is 0 Å². The quantitative estimate of drug-likeness (QED) is 0.799. The lowest BCUT2D eigenvalue weighted by atomic mass is 10.1. The number of nitrogens with zero attached hydrogens (tertiary/aromatic N) is 1. The molecule has 0 aliphatic heterocycles. The van der Waals surface area contributed by atoms with Crippen LogP contribution in [0.5, 0.6) is 11.5 Å². The maximum absolute atomic E-state index is 9.28. The van der Waals surface area contributed by atoms with Gasteiger partial charge in [0.15, 0.2) is 0 Å². The predicted molar refractivity (Wildman–Crippen MR) is 84.7 cm³/mol. The fourth-order valence-electron chi connectivity index (χ4n) is 1.92. The molecule has 2 aromatic rings. The Bertz CT molecular complexity index is 649. The van der Waals surface area contributed by atoms with Crippen molar-refractivity contribution in [2.45, 2.75) is 19.9 Å². The van der Waals surface area contributed by atoms with Crippen molar-refractivity contribution in [3.05, 3.63) is 58.6 Å². The van der Waals surface area contributed by atoms with Gasteiger partial charge in [0, 0.05) is 6.54 Å². The van der Waals surface area contributed by atoms with E-state index in [1.807, 2.05) is 30.3 Å². The second-order valence-electron chi connectivity index (χ2n) is 4.65. The van der Waals surface area contributed by atoms with E-state index in [0.29, 0.717) is 22.1 Å². The fraction of sp³-hybridized carbons (Fsp3) is 0.235. The van der Waals surface area contributed by atoms with Crippen LogP contribution in [0.4, 0.5) is 0 Å². The molecular formula is C17H17ClN2O. The maximum Gasteiger partial charge on any atom is 0.146 e. The zero-order chi connectivity index (χ0) is 15.1. The van der Waals surface area contributed by atoms with E-state index in [0.717, 1.165) is 25.1 Å². The molecule has 0 atom stereocenters. The molecule has 0 aromatic heterocycles. The van der Waals surface area contributed by atoms with Crippen molar-refractivity contribution in [2.24, 2.45) is 0 Å². The number of hydrogen-bond acceptors (Lipinski definition) is 3. The summed E-state index contributed by atoms with van der Waals surface area (Å²) in [5.41, 5.74) is 1.57. The highest BCUT2D eigenvalue weighted by molar-refractivity contribution is 6.32. The average molecular weight is 301 g/mol. The smallest absolute Gasteiger partial charge is 0.146 e. The monoisotopic (exact) mass is 300 g/mol. The molecule has 0 radical (unpaired) electrons. The Labute approximate surface area is 130 Å². The van der Waals surface area contributed by atoms with Crippen LogP contribution in [-0.2, 0) is 6.54 Å². The van der Waals surface area contributed by atoms with E-state index in [1.54, 1.807) is 12.1 Å². The molecule has 0 fully saturated rings. The normalized spacial score (nSPS) is 10.1. The molecule has 2 rings (SSSR count). The molecular weight excluding hydrogens is 284 g/mol. The molecule has 0 saturated heterocycles. The maximum atomic E-state index is 9.28. The zero-order valence-corrected chi connectivity index (χ0v) is 12.7. The summed E-state index contributed by atoms with van der Waals surface area (Å²) in [5.74, 6) is 1.07. The third kappa shape index (κ3) is 4.22. The Morgan fingerprint density at radius 2 is 2.00 bits per heavy atom. The van der Waals surface area contributed by atoms with Crippen LogP contribution in [0.2, 0.25) is 5.02 Å². The lowest BCUT2D eigenvalue weighted by Gasteiger charge is -2.10. The van der Waals surface area contributed by atoms with Crippen molar-refractivity contribution >= 4 is 11.6 Å². The van der Waals surface area contributed by atoms with E-state index in [4.69, 9.17) is 16.3 Å². The van der Waals surface area contributed by atoms with E-state index < -0.39 is 0 Å². The van der Waals surface area contributed by atoms with Crippen LogP contribution < -0.4 is 10.1 Å². The van der Waals surface area contributed by atoms with Gasteiger partial charge in [-0.3, -0.25) is 0 Å². The topological polar surface area (TPSA) is 45.0 Å². The predicted octanol–water partition coefficient (Wildman–Crippen LogP) is 4.50.